The highest BCUT2D eigenvalue weighted by Crippen LogP contribution is 2.26. The Bertz CT molecular complexity index is 540. The number of rotatable bonds is 5. The lowest BCUT2D eigenvalue weighted by Crippen LogP contribution is -2.46. The van der Waals surface area contributed by atoms with Gasteiger partial charge in [-0.15, -0.1) is 24.0 Å². The minimum absolute atomic E-state index is 0. The van der Waals surface area contributed by atoms with Gasteiger partial charge in [-0.3, -0.25) is 4.99 Å². The third-order valence-electron chi connectivity index (χ3n) is 4.34. The van der Waals surface area contributed by atoms with Gasteiger partial charge in [0.15, 0.2) is 5.96 Å². The average Bonchev–Trinajstić information content (AvgIpc) is 2.88. The van der Waals surface area contributed by atoms with Crippen molar-refractivity contribution < 1.29 is 9.52 Å². The number of hydrogen-bond donors (Lipinski definition) is 3. The Morgan fingerprint density at radius 1 is 1.38 bits per heavy atom. The van der Waals surface area contributed by atoms with E-state index in [0.717, 1.165) is 29.6 Å². The van der Waals surface area contributed by atoms with Crippen LogP contribution in [-0.2, 0) is 5.60 Å². The summed E-state index contributed by atoms with van der Waals surface area (Å²) in [6.07, 6.45) is 2.53. The molecule has 0 aliphatic carbocycles. The molecule has 0 spiro atoms. The number of aryl methyl sites for hydroxylation is 2. The molecule has 0 saturated carbocycles. The van der Waals surface area contributed by atoms with Crippen molar-refractivity contribution in [2.45, 2.75) is 39.2 Å². The Morgan fingerprint density at radius 2 is 2.04 bits per heavy atom. The first kappa shape index (κ1) is 21.6. The van der Waals surface area contributed by atoms with Crippen LogP contribution in [0.1, 0.15) is 36.8 Å². The van der Waals surface area contributed by atoms with Crippen molar-refractivity contribution in [2.75, 3.05) is 31.6 Å². The van der Waals surface area contributed by atoms with Crippen LogP contribution < -0.4 is 10.6 Å². The van der Waals surface area contributed by atoms with Gasteiger partial charge in [0.2, 0.25) is 0 Å². The molecule has 138 valence electrons. The first-order chi connectivity index (χ1) is 10.9. The molecule has 1 saturated heterocycles. The lowest BCUT2D eigenvalue weighted by atomic mass is 9.96. The molecule has 7 heteroatoms. The Morgan fingerprint density at radius 3 is 2.58 bits per heavy atom. The fourth-order valence-corrected chi connectivity index (χ4v) is 4.13. The van der Waals surface area contributed by atoms with Crippen LogP contribution in [-0.4, -0.2) is 42.7 Å². The van der Waals surface area contributed by atoms with E-state index in [1.807, 2.05) is 31.7 Å². The summed E-state index contributed by atoms with van der Waals surface area (Å²) in [5, 5.41) is 17.3. The summed E-state index contributed by atoms with van der Waals surface area (Å²) < 4.78 is 5.53. The summed E-state index contributed by atoms with van der Waals surface area (Å²) in [4.78, 5) is 4.25. The maximum Gasteiger partial charge on any atom is 0.191 e. The summed E-state index contributed by atoms with van der Waals surface area (Å²) in [5.74, 6) is 5.54. The Hall–Kier alpha value is -0.410. The second kappa shape index (κ2) is 9.91. The molecule has 3 N–H and O–H groups in total. The minimum atomic E-state index is -0.999. The molecule has 1 aromatic heterocycles. The predicted molar refractivity (Wildman–Crippen MR) is 113 cm³/mol. The standard InChI is InChI=1S/C17H29N3O2S.HI/c1-12-9-15(13(2)22-12)17(3,21)11-20-16(18-4)19-10-14-5-7-23-8-6-14;/h9,14,21H,5-8,10-11H2,1-4H3,(H2,18,19,20);1H. The molecular formula is C17H30IN3O2S. The zero-order valence-electron chi connectivity index (χ0n) is 15.0. The predicted octanol–water partition coefficient (Wildman–Crippen LogP) is 3.03. The molecule has 1 aliphatic heterocycles. The zero-order chi connectivity index (χ0) is 16.9. The van der Waals surface area contributed by atoms with E-state index in [1.54, 1.807) is 14.0 Å². The molecule has 1 atom stereocenters. The number of thioether (sulfide) groups is 1. The Kier molecular flexibility index (Phi) is 8.94. The smallest absolute Gasteiger partial charge is 0.191 e. The molecule has 2 rings (SSSR count). The van der Waals surface area contributed by atoms with Crippen molar-refractivity contribution in [3.05, 3.63) is 23.2 Å². The largest absolute Gasteiger partial charge is 0.466 e. The highest BCUT2D eigenvalue weighted by Gasteiger charge is 2.28. The van der Waals surface area contributed by atoms with Crippen LogP contribution in [0, 0.1) is 19.8 Å². The maximum atomic E-state index is 10.7. The van der Waals surface area contributed by atoms with Crippen LogP contribution in [0.2, 0.25) is 0 Å². The van der Waals surface area contributed by atoms with Crippen molar-refractivity contribution in [1.29, 1.82) is 0 Å². The molecule has 1 aliphatic rings. The first-order valence-electron chi connectivity index (χ1n) is 8.24. The van der Waals surface area contributed by atoms with Gasteiger partial charge in [0.05, 0.1) is 6.54 Å². The molecule has 0 amide bonds. The van der Waals surface area contributed by atoms with Gasteiger partial charge in [-0.05, 0) is 57.1 Å². The van der Waals surface area contributed by atoms with Gasteiger partial charge in [-0.25, -0.2) is 0 Å². The van der Waals surface area contributed by atoms with E-state index in [2.05, 4.69) is 15.6 Å². The molecule has 1 unspecified atom stereocenters. The average molecular weight is 467 g/mol. The third-order valence-corrected chi connectivity index (χ3v) is 5.39. The molecule has 1 aromatic rings. The van der Waals surface area contributed by atoms with Crippen molar-refractivity contribution in [3.8, 4) is 0 Å². The number of aliphatic imine (C=N–C) groups is 1. The van der Waals surface area contributed by atoms with Gasteiger partial charge in [0, 0.05) is 19.2 Å². The molecule has 5 nitrogen and oxygen atoms in total. The quantitative estimate of drug-likeness (QED) is 0.353. The van der Waals surface area contributed by atoms with Gasteiger partial charge in [-0.1, -0.05) is 0 Å². The number of hydrogen-bond acceptors (Lipinski definition) is 4. The summed E-state index contributed by atoms with van der Waals surface area (Å²) in [5.41, 5.74) is -0.178. The lowest BCUT2D eigenvalue weighted by molar-refractivity contribution is 0.0601. The topological polar surface area (TPSA) is 69.8 Å². The molecule has 24 heavy (non-hydrogen) atoms. The third kappa shape index (κ3) is 6.15. The number of nitrogens with one attached hydrogen (secondary N) is 2. The molecule has 0 bridgehead atoms. The molecule has 0 aromatic carbocycles. The highest BCUT2D eigenvalue weighted by molar-refractivity contribution is 14.0. The van der Waals surface area contributed by atoms with Crippen LogP contribution in [0.15, 0.2) is 15.5 Å². The van der Waals surface area contributed by atoms with Crippen molar-refractivity contribution >= 4 is 41.7 Å². The van der Waals surface area contributed by atoms with Gasteiger partial charge in [0.25, 0.3) is 0 Å². The van der Waals surface area contributed by atoms with E-state index in [0.29, 0.717) is 12.5 Å². The van der Waals surface area contributed by atoms with Crippen LogP contribution in [0.3, 0.4) is 0 Å². The maximum absolute atomic E-state index is 10.7. The summed E-state index contributed by atoms with van der Waals surface area (Å²) in [6, 6.07) is 1.90. The molecular weight excluding hydrogens is 437 g/mol. The second-order valence-corrected chi connectivity index (χ2v) is 7.69. The summed E-state index contributed by atoms with van der Waals surface area (Å²) in [6.45, 7) is 6.88. The van der Waals surface area contributed by atoms with E-state index < -0.39 is 5.60 Å². The lowest BCUT2D eigenvalue weighted by Gasteiger charge is -2.26. The van der Waals surface area contributed by atoms with Crippen LogP contribution in [0.5, 0.6) is 0 Å². The van der Waals surface area contributed by atoms with Crippen molar-refractivity contribution in [3.63, 3.8) is 0 Å². The SMILES string of the molecule is CN=C(NCC1CCSCC1)NCC(C)(O)c1cc(C)oc1C.I. The monoisotopic (exact) mass is 467 g/mol. The van der Waals surface area contributed by atoms with Gasteiger partial charge in [-0.2, -0.15) is 11.8 Å². The van der Waals surface area contributed by atoms with E-state index in [-0.39, 0.29) is 24.0 Å². The highest BCUT2D eigenvalue weighted by atomic mass is 127. The summed E-state index contributed by atoms with van der Waals surface area (Å²) >= 11 is 2.04. The van der Waals surface area contributed by atoms with Crippen LogP contribution >= 0.6 is 35.7 Å². The van der Waals surface area contributed by atoms with Gasteiger partial charge < -0.3 is 20.2 Å². The van der Waals surface area contributed by atoms with E-state index in [4.69, 9.17) is 4.42 Å². The normalized spacial score (nSPS) is 18.6. The second-order valence-electron chi connectivity index (χ2n) is 6.46. The molecule has 0 radical (unpaired) electrons. The van der Waals surface area contributed by atoms with E-state index in [9.17, 15) is 5.11 Å². The zero-order valence-corrected chi connectivity index (χ0v) is 18.2. The number of aliphatic hydroxyl groups is 1. The minimum Gasteiger partial charge on any atom is -0.466 e. The number of guanidine groups is 1. The first-order valence-corrected chi connectivity index (χ1v) is 9.40. The Balaban J connectivity index is 0.00000288. The fourth-order valence-electron chi connectivity index (χ4n) is 2.93. The fraction of sp³-hybridized carbons (Fsp3) is 0.706. The Labute approximate surface area is 166 Å². The van der Waals surface area contributed by atoms with Gasteiger partial charge >= 0.3 is 0 Å². The molecule has 1 fully saturated rings. The van der Waals surface area contributed by atoms with E-state index in [1.165, 1.54) is 24.3 Å². The van der Waals surface area contributed by atoms with Crippen LogP contribution in [0.4, 0.5) is 0 Å². The van der Waals surface area contributed by atoms with Crippen molar-refractivity contribution in [2.24, 2.45) is 10.9 Å². The number of halogens is 1. The van der Waals surface area contributed by atoms with Crippen molar-refractivity contribution in [1.82, 2.24) is 10.6 Å². The number of furan rings is 1. The number of nitrogens with zero attached hydrogens (tertiary/aromatic N) is 1. The molecule has 2 heterocycles. The van der Waals surface area contributed by atoms with E-state index >= 15 is 0 Å². The summed E-state index contributed by atoms with van der Waals surface area (Å²) in [7, 11) is 1.76. The van der Waals surface area contributed by atoms with Gasteiger partial charge in [0.1, 0.15) is 17.1 Å². The van der Waals surface area contributed by atoms with Crippen LogP contribution in [0.25, 0.3) is 0 Å².